The van der Waals surface area contributed by atoms with Gasteiger partial charge >= 0.3 is 5.91 Å². The first-order chi connectivity index (χ1) is 17.2. The smallest absolute Gasteiger partial charge is 0.301 e. The number of ketones is 1. The molecular weight excluding hydrogens is 468 g/mol. The topological polar surface area (TPSA) is 70.5 Å². The first-order valence-corrected chi connectivity index (χ1v) is 12.9. The van der Waals surface area contributed by atoms with E-state index in [0.29, 0.717) is 10.7 Å². The molecular formula is C30H28N2O3S. The second kappa shape index (κ2) is 9.03. The van der Waals surface area contributed by atoms with Crippen LogP contribution in [0.4, 0.5) is 5.13 Å². The van der Waals surface area contributed by atoms with E-state index >= 15 is 0 Å². The molecule has 6 heteroatoms. The first kappa shape index (κ1) is 23.9. The number of Topliss-reactive ketones (excluding diaryl/α,β-unsaturated/α-hetero) is 1. The lowest BCUT2D eigenvalue weighted by molar-refractivity contribution is -0.132. The van der Waals surface area contributed by atoms with E-state index in [0.717, 1.165) is 27.8 Å². The number of hydrogen-bond donors (Lipinski definition) is 1. The Morgan fingerprint density at radius 1 is 1.00 bits per heavy atom. The molecule has 182 valence electrons. The molecule has 5 rings (SSSR count). The first-order valence-electron chi connectivity index (χ1n) is 12.1. The van der Waals surface area contributed by atoms with Crippen LogP contribution in [0.15, 0.2) is 78.4 Å². The lowest BCUT2D eigenvalue weighted by Crippen LogP contribution is -2.29. The number of aromatic nitrogens is 1. The summed E-state index contributed by atoms with van der Waals surface area (Å²) in [5.74, 6) is -1.59. The molecule has 1 atom stereocenters. The van der Waals surface area contributed by atoms with Crippen molar-refractivity contribution in [2.45, 2.75) is 45.6 Å². The molecule has 36 heavy (non-hydrogen) atoms. The van der Waals surface area contributed by atoms with Gasteiger partial charge in [-0.05, 0) is 40.7 Å². The number of aliphatic hydroxyl groups excluding tert-OH is 1. The predicted molar refractivity (Wildman–Crippen MR) is 145 cm³/mol. The van der Waals surface area contributed by atoms with Gasteiger partial charge in [0.1, 0.15) is 5.76 Å². The molecule has 0 unspecified atom stereocenters. The lowest BCUT2D eigenvalue weighted by Gasteiger charge is -2.24. The van der Waals surface area contributed by atoms with Crippen molar-refractivity contribution in [3.63, 3.8) is 0 Å². The maximum atomic E-state index is 13.5. The van der Waals surface area contributed by atoms with E-state index in [1.165, 1.54) is 21.8 Å². The molecule has 1 aliphatic heterocycles. The molecule has 5 nitrogen and oxygen atoms in total. The Bertz CT molecular complexity index is 1490. The van der Waals surface area contributed by atoms with Crippen molar-refractivity contribution in [3.05, 3.63) is 101 Å². The van der Waals surface area contributed by atoms with Gasteiger partial charge in [0.25, 0.3) is 5.78 Å². The van der Waals surface area contributed by atoms with Crippen LogP contribution in [0.2, 0.25) is 0 Å². The lowest BCUT2D eigenvalue weighted by atomic mass is 9.85. The SMILES string of the molecule is CCc1ccc2nc(N3C(=O)C(=O)C(=C(O)c4ccccc4)[C@H]3c3ccc(C(C)(C)C)cc3)sc2c1. The maximum absolute atomic E-state index is 13.5. The molecule has 3 aromatic carbocycles. The summed E-state index contributed by atoms with van der Waals surface area (Å²) in [4.78, 5) is 33.0. The van der Waals surface area contributed by atoms with E-state index < -0.39 is 17.7 Å². The monoisotopic (exact) mass is 496 g/mol. The van der Waals surface area contributed by atoms with E-state index in [1.807, 2.05) is 42.5 Å². The van der Waals surface area contributed by atoms with E-state index in [2.05, 4.69) is 33.8 Å². The van der Waals surface area contributed by atoms with Crippen molar-refractivity contribution < 1.29 is 14.7 Å². The van der Waals surface area contributed by atoms with Crippen LogP contribution in [0.25, 0.3) is 16.0 Å². The fourth-order valence-corrected chi connectivity index (χ4v) is 5.60. The Kier molecular flexibility index (Phi) is 6.00. The number of carbonyl (C=O) groups excluding carboxylic acids is 2. The number of amides is 1. The Balaban J connectivity index is 1.70. The zero-order valence-corrected chi connectivity index (χ0v) is 21.6. The molecule has 2 heterocycles. The second-order valence-electron chi connectivity index (χ2n) is 10.1. The van der Waals surface area contributed by atoms with Gasteiger partial charge in [-0.15, -0.1) is 0 Å². The molecule has 0 aliphatic carbocycles. The highest BCUT2D eigenvalue weighted by Crippen LogP contribution is 2.44. The van der Waals surface area contributed by atoms with Gasteiger partial charge < -0.3 is 5.11 Å². The molecule has 1 N–H and O–H groups in total. The number of fused-ring (bicyclic) bond motifs is 1. The normalized spacial score (nSPS) is 17.8. The summed E-state index contributed by atoms with van der Waals surface area (Å²) in [6.07, 6.45) is 0.894. The van der Waals surface area contributed by atoms with Gasteiger partial charge in [0.15, 0.2) is 5.13 Å². The molecule has 1 amide bonds. The molecule has 0 spiro atoms. The fraction of sp³-hybridized carbons (Fsp3) is 0.233. The summed E-state index contributed by atoms with van der Waals surface area (Å²) in [6.45, 7) is 8.49. The molecule has 0 radical (unpaired) electrons. The highest BCUT2D eigenvalue weighted by Gasteiger charge is 2.48. The van der Waals surface area contributed by atoms with E-state index in [9.17, 15) is 14.7 Å². The number of hydrogen-bond acceptors (Lipinski definition) is 5. The number of rotatable bonds is 4. The molecule has 1 fully saturated rings. The summed E-state index contributed by atoms with van der Waals surface area (Å²) < 4.78 is 0.955. The summed E-state index contributed by atoms with van der Waals surface area (Å²) in [5, 5.41) is 11.7. The molecule has 1 aromatic heterocycles. The largest absolute Gasteiger partial charge is 0.507 e. The number of benzene rings is 3. The minimum atomic E-state index is -0.787. The van der Waals surface area contributed by atoms with Crippen LogP contribution in [-0.4, -0.2) is 21.8 Å². The Labute approximate surface area is 214 Å². The highest BCUT2D eigenvalue weighted by molar-refractivity contribution is 7.22. The van der Waals surface area contributed by atoms with Crippen LogP contribution in [0.5, 0.6) is 0 Å². The van der Waals surface area contributed by atoms with Crippen molar-refractivity contribution in [2.75, 3.05) is 4.90 Å². The van der Waals surface area contributed by atoms with Gasteiger partial charge in [-0.3, -0.25) is 14.5 Å². The third-order valence-electron chi connectivity index (χ3n) is 6.64. The van der Waals surface area contributed by atoms with Crippen LogP contribution >= 0.6 is 11.3 Å². The summed E-state index contributed by atoms with van der Waals surface area (Å²) in [5.41, 5.74) is 4.35. The van der Waals surface area contributed by atoms with Crippen LogP contribution in [0, 0.1) is 0 Å². The minimum absolute atomic E-state index is 0.0472. The van der Waals surface area contributed by atoms with Crippen molar-refractivity contribution in [1.29, 1.82) is 0 Å². The standard InChI is InChI=1S/C30H28N2O3S/c1-5-18-11-16-22-23(17-18)36-29(31-22)32-25(19-12-14-21(15-13-19)30(2,3)4)24(27(34)28(32)35)26(33)20-9-7-6-8-10-20/h6-17,25,33H,5H2,1-4H3/t25-/m1/s1. The Morgan fingerprint density at radius 2 is 1.69 bits per heavy atom. The number of anilines is 1. The predicted octanol–water partition coefficient (Wildman–Crippen LogP) is 6.78. The summed E-state index contributed by atoms with van der Waals surface area (Å²) >= 11 is 1.38. The van der Waals surface area contributed by atoms with E-state index in [1.54, 1.807) is 24.3 Å². The molecule has 0 saturated carbocycles. The van der Waals surface area contributed by atoms with Crippen LogP contribution < -0.4 is 4.90 Å². The molecule has 1 aliphatic rings. The third kappa shape index (κ3) is 4.11. The van der Waals surface area contributed by atoms with Crippen LogP contribution in [0.1, 0.15) is 56.0 Å². The minimum Gasteiger partial charge on any atom is -0.507 e. The average molecular weight is 497 g/mol. The maximum Gasteiger partial charge on any atom is 0.301 e. The van der Waals surface area contributed by atoms with Gasteiger partial charge in [-0.1, -0.05) is 99.7 Å². The average Bonchev–Trinajstić information content (AvgIpc) is 3.41. The molecule has 1 saturated heterocycles. The van der Waals surface area contributed by atoms with E-state index in [-0.39, 0.29) is 16.7 Å². The molecule has 0 bridgehead atoms. The van der Waals surface area contributed by atoms with Crippen molar-refractivity contribution >= 4 is 44.1 Å². The third-order valence-corrected chi connectivity index (χ3v) is 7.66. The number of aryl methyl sites for hydroxylation is 1. The fourth-order valence-electron chi connectivity index (χ4n) is 4.54. The number of carbonyl (C=O) groups is 2. The van der Waals surface area contributed by atoms with Gasteiger partial charge in [0.2, 0.25) is 0 Å². The number of aliphatic hydroxyl groups is 1. The van der Waals surface area contributed by atoms with Gasteiger partial charge in [0.05, 0.1) is 21.8 Å². The number of nitrogens with zero attached hydrogens (tertiary/aromatic N) is 2. The Hall–Kier alpha value is -3.77. The van der Waals surface area contributed by atoms with Crippen LogP contribution in [0.3, 0.4) is 0 Å². The van der Waals surface area contributed by atoms with Gasteiger partial charge in [0, 0.05) is 5.56 Å². The zero-order valence-electron chi connectivity index (χ0n) is 20.8. The summed E-state index contributed by atoms with van der Waals surface area (Å²) in [6, 6.07) is 22.0. The molecule has 4 aromatic rings. The van der Waals surface area contributed by atoms with Crippen molar-refractivity contribution in [1.82, 2.24) is 4.98 Å². The second-order valence-corrected chi connectivity index (χ2v) is 11.1. The van der Waals surface area contributed by atoms with Gasteiger partial charge in [-0.25, -0.2) is 4.98 Å². The van der Waals surface area contributed by atoms with Crippen LogP contribution in [-0.2, 0) is 21.4 Å². The quantitative estimate of drug-likeness (QED) is 0.192. The van der Waals surface area contributed by atoms with Gasteiger partial charge in [-0.2, -0.15) is 0 Å². The van der Waals surface area contributed by atoms with Crippen molar-refractivity contribution in [3.8, 4) is 0 Å². The van der Waals surface area contributed by atoms with E-state index in [4.69, 9.17) is 4.98 Å². The Morgan fingerprint density at radius 3 is 2.33 bits per heavy atom. The summed E-state index contributed by atoms with van der Waals surface area (Å²) in [7, 11) is 0. The highest BCUT2D eigenvalue weighted by atomic mass is 32.1. The zero-order chi connectivity index (χ0) is 25.6. The van der Waals surface area contributed by atoms with Crippen molar-refractivity contribution in [2.24, 2.45) is 0 Å². The number of thiazole rings is 1.